The molecule has 0 atom stereocenters. The van der Waals surface area contributed by atoms with Crippen molar-refractivity contribution in [2.45, 2.75) is 6.54 Å². The fraction of sp³-hybridized carbons (Fsp3) is 0.133. The van der Waals surface area contributed by atoms with Gasteiger partial charge in [0.25, 0.3) is 0 Å². The molecule has 0 fully saturated rings. The van der Waals surface area contributed by atoms with Crippen molar-refractivity contribution in [3.63, 3.8) is 0 Å². The molecule has 0 amide bonds. The number of H-pyrrole nitrogens is 1. The van der Waals surface area contributed by atoms with Crippen LogP contribution in [-0.4, -0.2) is 17.1 Å². The van der Waals surface area contributed by atoms with Gasteiger partial charge in [-0.15, -0.1) is 5.73 Å². The summed E-state index contributed by atoms with van der Waals surface area (Å²) in [6.07, 6.45) is 3.58. The fourth-order valence-electron chi connectivity index (χ4n) is 2.37. The lowest BCUT2D eigenvalue weighted by Crippen LogP contribution is -1.92. The summed E-state index contributed by atoms with van der Waals surface area (Å²) in [6.45, 7) is -0.0559. The summed E-state index contributed by atoms with van der Waals surface area (Å²) in [5, 5.41) is 0.909. The third-order valence-electron chi connectivity index (χ3n) is 3.31. The molecule has 0 spiro atoms. The molecule has 2 heterocycles. The largest absolute Gasteiger partial charge is 0.496 e. The first kappa shape index (κ1) is 13.1. The minimum absolute atomic E-state index is 0.0559. The van der Waals surface area contributed by atoms with Gasteiger partial charge in [-0.25, -0.2) is 4.98 Å². The summed E-state index contributed by atoms with van der Waals surface area (Å²) in [6, 6.07) is 7.79. The molecular weight excluding hydrogens is 318 g/mol. The van der Waals surface area contributed by atoms with Crippen LogP contribution in [0.4, 0.5) is 0 Å². The molecule has 0 saturated carbocycles. The number of rotatable bonds is 3. The first-order valence-electron chi connectivity index (χ1n) is 6.15. The van der Waals surface area contributed by atoms with Gasteiger partial charge in [0.1, 0.15) is 11.4 Å². The van der Waals surface area contributed by atoms with Crippen molar-refractivity contribution in [1.29, 1.82) is 0 Å². The van der Waals surface area contributed by atoms with E-state index in [9.17, 15) is 5.73 Å². The van der Waals surface area contributed by atoms with Gasteiger partial charge >= 0.3 is 0 Å². The number of hydrogen-bond donors (Lipinski definition) is 1. The smallest absolute Gasteiger partial charge is 0.138 e. The van der Waals surface area contributed by atoms with Gasteiger partial charge in [0, 0.05) is 33.4 Å². The maximum Gasteiger partial charge on any atom is 0.138 e. The van der Waals surface area contributed by atoms with Gasteiger partial charge in [-0.3, -0.25) is 0 Å². The number of ether oxygens (including phenoxy) is 1. The van der Waals surface area contributed by atoms with E-state index in [1.54, 1.807) is 13.3 Å². The van der Waals surface area contributed by atoms with E-state index in [0.717, 1.165) is 37.9 Å². The van der Waals surface area contributed by atoms with Crippen LogP contribution in [0.3, 0.4) is 0 Å². The van der Waals surface area contributed by atoms with Crippen molar-refractivity contribution in [2.75, 3.05) is 7.11 Å². The Labute approximate surface area is 125 Å². The Morgan fingerprint density at radius 2 is 2.10 bits per heavy atom. The number of methoxy groups -OCH3 is 1. The van der Waals surface area contributed by atoms with Crippen molar-refractivity contribution in [1.82, 2.24) is 15.7 Å². The van der Waals surface area contributed by atoms with Crippen molar-refractivity contribution < 1.29 is 4.74 Å². The van der Waals surface area contributed by atoms with E-state index >= 15 is 0 Å². The molecule has 3 aromatic rings. The van der Waals surface area contributed by atoms with Gasteiger partial charge in [-0.05, 0) is 27.6 Å². The Morgan fingerprint density at radius 3 is 2.85 bits per heavy atom. The second kappa shape index (κ2) is 5.26. The molecule has 4 nitrogen and oxygen atoms in total. The Bertz CT molecular complexity index is 767. The highest BCUT2D eigenvalue weighted by atomic mass is 79.9. The fourth-order valence-corrected chi connectivity index (χ4v) is 2.80. The molecule has 0 aliphatic rings. The van der Waals surface area contributed by atoms with Gasteiger partial charge in [0.2, 0.25) is 0 Å². The number of hydrogen-bond acceptors (Lipinski definition) is 2. The number of pyridine rings is 1. The van der Waals surface area contributed by atoms with Crippen molar-refractivity contribution >= 4 is 27.0 Å². The summed E-state index contributed by atoms with van der Waals surface area (Å²) in [5.74, 6) is 0.789. The topological polar surface area (TPSA) is 60.2 Å². The van der Waals surface area contributed by atoms with Crippen molar-refractivity contribution in [2.24, 2.45) is 0 Å². The Hall–Kier alpha value is -1.85. The average Bonchev–Trinajstić information content (AvgIpc) is 2.91. The van der Waals surface area contributed by atoms with Gasteiger partial charge in [-0.1, -0.05) is 18.2 Å². The monoisotopic (exact) mass is 329 g/mol. The second-order valence-corrected chi connectivity index (χ2v) is 5.22. The standard InChI is InChI=1S/C15H12BrN3O/c1-20-13-5-3-2-4-9(13)11-7-18-15-14(11)10(6-17)12(16)8-19-15/h2-5,7-8H,6H2,1H3,(H,18,19). The molecule has 3 rings (SSSR count). The lowest BCUT2D eigenvalue weighted by Gasteiger charge is -2.09. The minimum atomic E-state index is -0.0559. The van der Waals surface area contributed by atoms with Gasteiger partial charge in [-0.2, -0.15) is 0 Å². The average molecular weight is 330 g/mol. The number of para-hydroxylation sites is 1. The Morgan fingerprint density at radius 1 is 1.30 bits per heavy atom. The number of nitrogens with zero attached hydrogens (tertiary/aromatic N) is 2. The van der Waals surface area contributed by atoms with Crippen LogP contribution in [-0.2, 0) is 6.54 Å². The molecule has 100 valence electrons. The Balaban J connectivity index is 2.34. The molecule has 1 N–H and O–H groups in total. The first-order valence-corrected chi connectivity index (χ1v) is 6.94. The maximum absolute atomic E-state index is 9.63. The van der Waals surface area contributed by atoms with Crippen LogP contribution in [0.1, 0.15) is 5.56 Å². The molecule has 0 aliphatic carbocycles. The zero-order valence-electron chi connectivity index (χ0n) is 10.9. The molecule has 20 heavy (non-hydrogen) atoms. The van der Waals surface area contributed by atoms with E-state index in [0.29, 0.717) is 0 Å². The summed E-state index contributed by atoms with van der Waals surface area (Å²) >= 11 is 3.44. The van der Waals surface area contributed by atoms with Crippen LogP contribution < -0.4 is 10.5 Å². The highest BCUT2D eigenvalue weighted by Crippen LogP contribution is 2.37. The summed E-state index contributed by atoms with van der Waals surface area (Å²) in [7, 11) is 1.65. The highest BCUT2D eigenvalue weighted by molar-refractivity contribution is 9.10. The summed E-state index contributed by atoms with van der Waals surface area (Å²) in [5.41, 5.74) is 13.1. The van der Waals surface area contributed by atoms with E-state index in [2.05, 4.69) is 25.9 Å². The van der Waals surface area contributed by atoms with Crippen LogP contribution in [0.2, 0.25) is 0 Å². The van der Waals surface area contributed by atoms with Crippen molar-refractivity contribution in [3.05, 3.63) is 46.7 Å². The van der Waals surface area contributed by atoms with Crippen molar-refractivity contribution in [3.8, 4) is 16.9 Å². The lowest BCUT2D eigenvalue weighted by molar-refractivity contribution is 0.416. The molecule has 0 aliphatic heterocycles. The first-order chi connectivity index (χ1) is 9.76. The molecule has 5 heteroatoms. The zero-order chi connectivity index (χ0) is 14.1. The molecule has 0 saturated heterocycles. The third kappa shape index (κ3) is 1.99. The van der Waals surface area contributed by atoms with Crippen LogP contribution in [0.15, 0.2) is 41.1 Å². The number of aromatic nitrogens is 2. The van der Waals surface area contributed by atoms with Gasteiger partial charge < -0.3 is 9.72 Å². The zero-order valence-corrected chi connectivity index (χ0v) is 12.4. The predicted octanol–water partition coefficient (Wildman–Crippen LogP) is 3.57. The van der Waals surface area contributed by atoms with E-state index in [-0.39, 0.29) is 6.54 Å². The molecule has 0 unspecified atom stereocenters. The maximum atomic E-state index is 9.63. The number of nitrogens with one attached hydrogen (secondary N) is 1. The van der Waals surface area contributed by atoms with Gasteiger partial charge in [0.15, 0.2) is 0 Å². The van der Waals surface area contributed by atoms with Crippen LogP contribution in [0.5, 0.6) is 5.75 Å². The molecule has 2 aromatic heterocycles. The lowest BCUT2D eigenvalue weighted by atomic mass is 10.0. The molecule has 0 bridgehead atoms. The summed E-state index contributed by atoms with van der Waals surface area (Å²) in [4.78, 5) is 7.48. The minimum Gasteiger partial charge on any atom is -0.496 e. The predicted molar refractivity (Wildman–Crippen MR) is 81.6 cm³/mol. The number of fused-ring (bicyclic) bond motifs is 1. The normalized spacial score (nSPS) is 10.9. The molecular formula is C15H12BrN3O. The summed E-state index contributed by atoms with van der Waals surface area (Å²) < 4.78 is 6.21. The molecule has 1 aromatic carbocycles. The number of halogens is 1. The SMILES string of the molecule is COc1ccccc1-c1c[nH]c2ncc(Br)c(C[N])c12. The molecule has 2 radical (unpaired) electrons. The van der Waals surface area contributed by atoms with E-state index < -0.39 is 0 Å². The van der Waals surface area contributed by atoms with Crippen LogP contribution in [0.25, 0.3) is 22.2 Å². The number of benzene rings is 1. The van der Waals surface area contributed by atoms with E-state index in [1.807, 2.05) is 30.5 Å². The second-order valence-electron chi connectivity index (χ2n) is 4.37. The third-order valence-corrected chi connectivity index (χ3v) is 4.00. The quantitative estimate of drug-likeness (QED) is 0.798. The van der Waals surface area contributed by atoms with Crippen LogP contribution in [0, 0.1) is 0 Å². The Kier molecular flexibility index (Phi) is 3.46. The van der Waals surface area contributed by atoms with E-state index in [1.165, 1.54) is 0 Å². The van der Waals surface area contributed by atoms with Gasteiger partial charge in [0.05, 0.1) is 13.7 Å². The highest BCUT2D eigenvalue weighted by Gasteiger charge is 2.16. The van der Waals surface area contributed by atoms with Crippen LogP contribution >= 0.6 is 15.9 Å². The van der Waals surface area contributed by atoms with E-state index in [4.69, 9.17) is 4.74 Å². The number of aromatic amines is 1.